The van der Waals surface area contributed by atoms with E-state index in [1.54, 1.807) is 11.3 Å². The Kier molecular flexibility index (Phi) is 4.57. The molecule has 2 aromatic rings. The van der Waals surface area contributed by atoms with Crippen molar-refractivity contribution in [2.75, 3.05) is 6.61 Å². The largest absolute Gasteiger partial charge is 0.493 e. The van der Waals surface area contributed by atoms with Crippen molar-refractivity contribution in [3.05, 3.63) is 46.9 Å². The van der Waals surface area contributed by atoms with Crippen molar-refractivity contribution in [1.82, 2.24) is 0 Å². The van der Waals surface area contributed by atoms with Gasteiger partial charge in [-0.2, -0.15) is 0 Å². The number of hydrogen-bond donors (Lipinski definition) is 1. The molecule has 0 amide bonds. The highest BCUT2D eigenvalue weighted by atomic mass is 79.9. The fraction of sp³-hybridized carbons (Fsp3) is 0.286. The minimum Gasteiger partial charge on any atom is -0.493 e. The van der Waals surface area contributed by atoms with E-state index >= 15 is 0 Å². The average molecular weight is 482 g/mol. The SMILES string of the molecule is NC(Cc1cc(Br)cc2c1OCC2)c1cc(Br)sc1Br. The van der Waals surface area contributed by atoms with E-state index in [2.05, 4.69) is 66.0 Å². The lowest BCUT2D eigenvalue weighted by atomic mass is 9.99. The molecule has 0 spiro atoms. The summed E-state index contributed by atoms with van der Waals surface area (Å²) in [5.41, 5.74) is 9.95. The van der Waals surface area contributed by atoms with Crippen LogP contribution in [0.5, 0.6) is 5.75 Å². The van der Waals surface area contributed by atoms with Gasteiger partial charge in [0.25, 0.3) is 0 Å². The summed E-state index contributed by atoms with van der Waals surface area (Å²) < 4.78 is 9.03. The number of halogens is 3. The number of rotatable bonds is 3. The van der Waals surface area contributed by atoms with E-state index in [0.29, 0.717) is 0 Å². The smallest absolute Gasteiger partial charge is 0.125 e. The van der Waals surface area contributed by atoms with Crippen molar-refractivity contribution in [2.45, 2.75) is 18.9 Å². The molecule has 1 aromatic carbocycles. The van der Waals surface area contributed by atoms with Crippen LogP contribution in [-0.2, 0) is 12.8 Å². The monoisotopic (exact) mass is 479 g/mol. The molecule has 3 rings (SSSR count). The van der Waals surface area contributed by atoms with Gasteiger partial charge in [0.2, 0.25) is 0 Å². The third-order valence-electron chi connectivity index (χ3n) is 3.35. The minimum absolute atomic E-state index is 0.0467. The van der Waals surface area contributed by atoms with Crippen LogP contribution in [0.1, 0.15) is 22.7 Å². The molecule has 1 unspecified atom stereocenters. The standard InChI is InChI=1S/C14H12Br3NOS/c15-9-3-7-1-2-19-13(7)8(4-9)5-11(18)10-6-12(16)20-14(10)17/h3-4,6,11H,1-2,5,18H2. The lowest BCUT2D eigenvalue weighted by Gasteiger charge is -2.14. The summed E-state index contributed by atoms with van der Waals surface area (Å²) in [6.07, 6.45) is 1.74. The van der Waals surface area contributed by atoms with Gasteiger partial charge in [-0.3, -0.25) is 0 Å². The molecule has 1 atom stereocenters. The molecule has 0 radical (unpaired) electrons. The third-order valence-corrected chi connectivity index (χ3v) is 6.19. The fourth-order valence-electron chi connectivity index (χ4n) is 2.45. The number of hydrogen-bond acceptors (Lipinski definition) is 3. The second kappa shape index (κ2) is 6.08. The number of fused-ring (bicyclic) bond motifs is 1. The molecule has 2 N–H and O–H groups in total. The van der Waals surface area contributed by atoms with Gasteiger partial charge in [0.1, 0.15) is 5.75 Å². The Balaban J connectivity index is 1.90. The number of benzene rings is 1. The van der Waals surface area contributed by atoms with Crippen LogP contribution < -0.4 is 10.5 Å². The predicted molar refractivity (Wildman–Crippen MR) is 93.7 cm³/mol. The van der Waals surface area contributed by atoms with Crippen LogP contribution in [0, 0.1) is 0 Å². The maximum absolute atomic E-state index is 6.37. The molecule has 0 saturated heterocycles. The first-order valence-corrected chi connectivity index (χ1v) is 9.38. The lowest BCUT2D eigenvalue weighted by molar-refractivity contribution is 0.352. The van der Waals surface area contributed by atoms with Crippen molar-refractivity contribution in [3.8, 4) is 5.75 Å². The zero-order chi connectivity index (χ0) is 14.3. The second-order valence-electron chi connectivity index (χ2n) is 4.74. The Morgan fingerprint density at radius 1 is 1.25 bits per heavy atom. The fourth-order valence-corrected chi connectivity index (χ4v) is 6.00. The Morgan fingerprint density at radius 3 is 2.75 bits per heavy atom. The molecule has 1 aliphatic heterocycles. The second-order valence-corrected chi connectivity index (χ2v) is 9.41. The maximum Gasteiger partial charge on any atom is 0.125 e. The van der Waals surface area contributed by atoms with E-state index in [4.69, 9.17) is 10.5 Å². The highest BCUT2D eigenvalue weighted by Gasteiger charge is 2.21. The zero-order valence-electron chi connectivity index (χ0n) is 10.5. The highest BCUT2D eigenvalue weighted by Crippen LogP contribution is 2.39. The normalized spacial score (nSPS) is 15.0. The summed E-state index contributed by atoms with van der Waals surface area (Å²) >= 11 is 12.3. The summed E-state index contributed by atoms with van der Waals surface area (Å²) in [4.78, 5) is 0. The van der Waals surface area contributed by atoms with E-state index in [1.807, 2.05) is 0 Å². The number of nitrogens with two attached hydrogens (primary N) is 1. The van der Waals surface area contributed by atoms with E-state index < -0.39 is 0 Å². The summed E-state index contributed by atoms with van der Waals surface area (Å²) in [7, 11) is 0. The predicted octanol–water partition coefficient (Wildman–Crippen LogP) is 5.21. The molecular weight excluding hydrogens is 470 g/mol. The summed E-state index contributed by atoms with van der Waals surface area (Å²) in [6.45, 7) is 0.766. The topological polar surface area (TPSA) is 35.2 Å². The van der Waals surface area contributed by atoms with E-state index in [9.17, 15) is 0 Å². The summed E-state index contributed by atoms with van der Waals surface area (Å²) in [5, 5.41) is 0. The molecule has 2 nitrogen and oxygen atoms in total. The Labute approximate surface area is 147 Å². The first kappa shape index (κ1) is 15.0. The Bertz CT molecular complexity index is 656. The molecule has 0 saturated carbocycles. The minimum atomic E-state index is -0.0467. The highest BCUT2D eigenvalue weighted by molar-refractivity contribution is 9.12. The molecule has 0 fully saturated rings. The third kappa shape index (κ3) is 2.99. The van der Waals surface area contributed by atoms with Gasteiger partial charge in [-0.25, -0.2) is 0 Å². The number of thiophene rings is 1. The molecular formula is C14H12Br3NOS. The van der Waals surface area contributed by atoms with Crippen molar-refractivity contribution < 1.29 is 4.74 Å². The van der Waals surface area contributed by atoms with Crippen molar-refractivity contribution >= 4 is 59.1 Å². The van der Waals surface area contributed by atoms with Gasteiger partial charge < -0.3 is 10.5 Å². The van der Waals surface area contributed by atoms with Crippen LogP contribution in [0.15, 0.2) is 30.2 Å². The van der Waals surface area contributed by atoms with Gasteiger partial charge in [0.15, 0.2) is 0 Å². The van der Waals surface area contributed by atoms with Crippen molar-refractivity contribution in [3.63, 3.8) is 0 Å². The quantitative estimate of drug-likeness (QED) is 0.653. The van der Waals surface area contributed by atoms with Crippen LogP contribution in [-0.4, -0.2) is 6.61 Å². The van der Waals surface area contributed by atoms with Gasteiger partial charge in [0, 0.05) is 16.9 Å². The van der Waals surface area contributed by atoms with Gasteiger partial charge in [0.05, 0.1) is 14.2 Å². The molecule has 106 valence electrons. The van der Waals surface area contributed by atoms with Crippen LogP contribution in [0.2, 0.25) is 0 Å². The number of ether oxygens (including phenoxy) is 1. The molecule has 6 heteroatoms. The lowest BCUT2D eigenvalue weighted by Crippen LogP contribution is -2.13. The van der Waals surface area contributed by atoms with Gasteiger partial charge >= 0.3 is 0 Å². The maximum atomic E-state index is 6.37. The van der Waals surface area contributed by atoms with Crippen molar-refractivity contribution in [1.29, 1.82) is 0 Å². The van der Waals surface area contributed by atoms with Crippen LogP contribution in [0.3, 0.4) is 0 Å². The first-order valence-electron chi connectivity index (χ1n) is 6.19. The van der Waals surface area contributed by atoms with Crippen LogP contribution in [0.4, 0.5) is 0 Å². The molecule has 1 aromatic heterocycles. The van der Waals surface area contributed by atoms with Gasteiger partial charge in [-0.15, -0.1) is 11.3 Å². The Hall–Kier alpha value is 0.120. The zero-order valence-corrected chi connectivity index (χ0v) is 16.0. The molecule has 0 bridgehead atoms. The van der Waals surface area contributed by atoms with E-state index in [0.717, 1.165) is 42.8 Å². The van der Waals surface area contributed by atoms with E-state index in [1.165, 1.54) is 11.1 Å². The molecule has 1 aliphatic rings. The Morgan fingerprint density at radius 2 is 2.05 bits per heavy atom. The molecule has 20 heavy (non-hydrogen) atoms. The van der Waals surface area contributed by atoms with Gasteiger partial charge in [-0.05, 0) is 73.2 Å². The first-order chi connectivity index (χ1) is 9.54. The molecule has 0 aliphatic carbocycles. The summed E-state index contributed by atoms with van der Waals surface area (Å²) in [5.74, 6) is 1.02. The van der Waals surface area contributed by atoms with Gasteiger partial charge in [-0.1, -0.05) is 15.9 Å². The van der Waals surface area contributed by atoms with E-state index in [-0.39, 0.29) is 6.04 Å². The molecule has 2 heterocycles. The van der Waals surface area contributed by atoms with Crippen molar-refractivity contribution in [2.24, 2.45) is 5.73 Å². The average Bonchev–Trinajstić information content (AvgIpc) is 2.95. The van der Waals surface area contributed by atoms with Crippen LogP contribution in [0.25, 0.3) is 0 Å². The van der Waals surface area contributed by atoms with Crippen LogP contribution >= 0.6 is 59.1 Å². The summed E-state index contributed by atoms with van der Waals surface area (Å²) in [6, 6.07) is 6.28.